The van der Waals surface area contributed by atoms with E-state index in [0.29, 0.717) is 11.8 Å². The third-order valence-electron chi connectivity index (χ3n) is 3.63. The first-order valence-electron chi connectivity index (χ1n) is 6.61. The van der Waals surface area contributed by atoms with Crippen LogP contribution in [0.25, 0.3) is 11.4 Å². The van der Waals surface area contributed by atoms with Crippen LogP contribution in [-0.4, -0.2) is 20.2 Å². The molecule has 1 unspecified atom stereocenters. The van der Waals surface area contributed by atoms with Crippen molar-refractivity contribution in [3.05, 3.63) is 23.8 Å². The van der Waals surface area contributed by atoms with Gasteiger partial charge in [-0.05, 0) is 46.9 Å². The SMILES string of the molecule is Cc1ccc(N)cc1-c1nnnn1CC(C)C(C)C. The van der Waals surface area contributed by atoms with Crippen LogP contribution in [0.4, 0.5) is 5.69 Å². The molecule has 2 N–H and O–H groups in total. The Labute approximate surface area is 113 Å². The zero-order chi connectivity index (χ0) is 14.0. The second-order valence-corrected chi connectivity index (χ2v) is 5.48. The minimum Gasteiger partial charge on any atom is -0.399 e. The van der Waals surface area contributed by atoms with E-state index in [0.717, 1.165) is 29.2 Å². The Hall–Kier alpha value is -1.91. The van der Waals surface area contributed by atoms with E-state index in [9.17, 15) is 0 Å². The van der Waals surface area contributed by atoms with E-state index >= 15 is 0 Å². The number of tetrazole rings is 1. The molecule has 0 aliphatic rings. The lowest BCUT2D eigenvalue weighted by Gasteiger charge is -2.16. The number of nitrogen functional groups attached to an aromatic ring is 1. The summed E-state index contributed by atoms with van der Waals surface area (Å²) in [5.41, 5.74) is 8.71. The summed E-state index contributed by atoms with van der Waals surface area (Å²) >= 11 is 0. The molecule has 102 valence electrons. The smallest absolute Gasteiger partial charge is 0.182 e. The summed E-state index contributed by atoms with van der Waals surface area (Å²) in [5, 5.41) is 12.1. The third kappa shape index (κ3) is 2.92. The van der Waals surface area contributed by atoms with Crippen molar-refractivity contribution >= 4 is 5.69 Å². The van der Waals surface area contributed by atoms with Crippen LogP contribution in [0, 0.1) is 18.8 Å². The number of rotatable bonds is 4. The van der Waals surface area contributed by atoms with Gasteiger partial charge >= 0.3 is 0 Å². The Bertz CT molecular complexity index is 559. The van der Waals surface area contributed by atoms with Gasteiger partial charge in [0, 0.05) is 17.8 Å². The van der Waals surface area contributed by atoms with Crippen molar-refractivity contribution in [2.45, 2.75) is 34.2 Å². The lowest BCUT2D eigenvalue weighted by Crippen LogP contribution is -2.15. The first kappa shape index (κ1) is 13.5. The number of nitrogens with zero attached hydrogens (tertiary/aromatic N) is 4. The van der Waals surface area contributed by atoms with Crippen LogP contribution >= 0.6 is 0 Å². The van der Waals surface area contributed by atoms with Gasteiger partial charge in [0.25, 0.3) is 0 Å². The van der Waals surface area contributed by atoms with Crippen LogP contribution in [0.3, 0.4) is 0 Å². The number of aryl methyl sites for hydroxylation is 1. The topological polar surface area (TPSA) is 69.6 Å². The van der Waals surface area contributed by atoms with Gasteiger partial charge in [0.15, 0.2) is 5.82 Å². The van der Waals surface area contributed by atoms with Gasteiger partial charge in [0.1, 0.15) is 0 Å². The van der Waals surface area contributed by atoms with Crippen molar-refractivity contribution in [3.63, 3.8) is 0 Å². The average Bonchev–Trinajstić information content (AvgIpc) is 2.80. The van der Waals surface area contributed by atoms with E-state index in [1.165, 1.54) is 0 Å². The molecule has 0 bridgehead atoms. The molecular weight excluding hydrogens is 238 g/mol. The first-order chi connectivity index (χ1) is 8.99. The Kier molecular flexibility index (Phi) is 3.83. The van der Waals surface area contributed by atoms with E-state index in [-0.39, 0.29) is 0 Å². The predicted octanol–water partition coefficient (Wildman–Crippen LogP) is 2.52. The van der Waals surface area contributed by atoms with Crippen molar-refractivity contribution in [2.75, 3.05) is 5.73 Å². The molecule has 0 amide bonds. The van der Waals surface area contributed by atoms with Crippen LogP contribution in [0.2, 0.25) is 0 Å². The molecular formula is C14H21N5. The van der Waals surface area contributed by atoms with Crippen LogP contribution in [0.5, 0.6) is 0 Å². The molecule has 1 aromatic heterocycles. The monoisotopic (exact) mass is 259 g/mol. The largest absolute Gasteiger partial charge is 0.399 e. The third-order valence-corrected chi connectivity index (χ3v) is 3.63. The molecule has 1 heterocycles. The highest BCUT2D eigenvalue weighted by atomic mass is 15.5. The van der Waals surface area contributed by atoms with Crippen molar-refractivity contribution in [2.24, 2.45) is 11.8 Å². The van der Waals surface area contributed by atoms with Gasteiger partial charge in [-0.1, -0.05) is 26.8 Å². The summed E-state index contributed by atoms with van der Waals surface area (Å²) < 4.78 is 1.87. The molecule has 1 aromatic carbocycles. The van der Waals surface area contributed by atoms with Crippen LogP contribution in [0.15, 0.2) is 18.2 Å². The fourth-order valence-corrected chi connectivity index (χ4v) is 1.88. The Morgan fingerprint density at radius 3 is 2.68 bits per heavy atom. The predicted molar refractivity (Wildman–Crippen MR) is 76.4 cm³/mol. The van der Waals surface area contributed by atoms with Gasteiger partial charge in [-0.25, -0.2) is 4.68 Å². The number of hydrogen-bond acceptors (Lipinski definition) is 4. The summed E-state index contributed by atoms with van der Waals surface area (Å²) in [7, 11) is 0. The number of anilines is 1. The minimum atomic E-state index is 0.517. The summed E-state index contributed by atoms with van der Waals surface area (Å²) in [6.45, 7) is 9.48. The number of hydrogen-bond donors (Lipinski definition) is 1. The lowest BCUT2D eigenvalue weighted by molar-refractivity contribution is 0.347. The van der Waals surface area contributed by atoms with Gasteiger partial charge in [-0.2, -0.15) is 0 Å². The Balaban J connectivity index is 2.36. The zero-order valence-electron chi connectivity index (χ0n) is 12.0. The maximum Gasteiger partial charge on any atom is 0.182 e. The molecule has 2 rings (SSSR count). The Morgan fingerprint density at radius 1 is 1.26 bits per heavy atom. The molecule has 5 heteroatoms. The minimum absolute atomic E-state index is 0.517. The molecule has 0 radical (unpaired) electrons. The van der Waals surface area contributed by atoms with Gasteiger partial charge < -0.3 is 5.73 Å². The van der Waals surface area contributed by atoms with Crippen LogP contribution in [-0.2, 0) is 6.54 Å². The fraction of sp³-hybridized carbons (Fsp3) is 0.500. The molecule has 0 aliphatic heterocycles. The normalized spacial score (nSPS) is 12.9. The molecule has 0 saturated heterocycles. The molecule has 0 fully saturated rings. The highest BCUT2D eigenvalue weighted by molar-refractivity contribution is 5.65. The molecule has 0 spiro atoms. The molecule has 2 aromatic rings. The molecule has 0 saturated carbocycles. The second-order valence-electron chi connectivity index (χ2n) is 5.48. The average molecular weight is 259 g/mol. The van der Waals surface area contributed by atoms with E-state index in [1.807, 2.05) is 29.8 Å². The van der Waals surface area contributed by atoms with Gasteiger partial charge in [0.05, 0.1) is 0 Å². The zero-order valence-corrected chi connectivity index (χ0v) is 12.0. The Morgan fingerprint density at radius 2 is 2.00 bits per heavy atom. The molecule has 1 atom stereocenters. The number of benzene rings is 1. The van der Waals surface area contributed by atoms with Crippen molar-refractivity contribution in [1.82, 2.24) is 20.2 Å². The van der Waals surface area contributed by atoms with E-state index in [4.69, 9.17) is 5.73 Å². The van der Waals surface area contributed by atoms with Crippen molar-refractivity contribution in [1.29, 1.82) is 0 Å². The quantitative estimate of drug-likeness (QED) is 0.856. The molecule has 0 aliphatic carbocycles. The van der Waals surface area contributed by atoms with E-state index in [2.05, 4.69) is 36.3 Å². The van der Waals surface area contributed by atoms with E-state index < -0.39 is 0 Å². The highest BCUT2D eigenvalue weighted by Crippen LogP contribution is 2.24. The first-order valence-corrected chi connectivity index (χ1v) is 6.61. The maximum absolute atomic E-state index is 5.86. The number of nitrogens with two attached hydrogens (primary N) is 1. The van der Waals surface area contributed by atoms with Crippen LogP contribution in [0.1, 0.15) is 26.3 Å². The molecule has 19 heavy (non-hydrogen) atoms. The van der Waals surface area contributed by atoms with Gasteiger partial charge in [0.2, 0.25) is 0 Å². The standard InChI is InChI=1S/C14H21N5/c1-9(2)11(4)8-19-14(16-17-18-19)13-7-12(15)6-5-10(13)3/h5-7,9,11H,8,15H2,1-4H3. The van der Waals surface area contributed by atoms with Crippen molar-refractivity contribution in [3.8, 4) is 11.4 Å². The molecule has 5 nitrogen and oxygen atoms in total. The van der Waals surface area contributed by atoms with Crippen LogP contribution < -0.4 is 5.73 Å². The summed E-state index contributed by atoms with van der Waals surface area (Å²) in [6, 6.07) is 5.82. The summed E-state index contributed by atoms with van der Waals surface area (Å²) in [5.74, 6) is 1.90. The maximum atomic E-state index is 5.86. The van der Waals surface area contributed by atoms with Crippen molar-refractivity contribution < 1.29 is 0 Å². The summed E-state index contributed by atoms with van der Waals surface area (Å²) in [4.78, 5) is 0. The van der Waals surface area contributed by atoms with E-state index in [1.54, 1.807) is 0 Å². The second kappa shape index (κ2) is 5.38. The fourth-order valence-electron chi connectivity index (χ4n) is 1.88. The lowest BCUT2D eigenvalue weighted by atomic mass is 9.98. The number of aromatic nitrogens is 4. The van der Waals surface area contributed by atoms with Gasteiger partial charge in [-0.3, -0.25) is 0 Å². The van der Waals surface area contributed by atoms with Gasteiger partial charge in [-0.15, -0.1) is 5.10 Å². The summed E-state index contributed by atoms with van der Waals surface area (Å²) in [6.07, 6.45) is 0. The highest BCUT2D eigenvalue weighted by Gasteiger charge is 2.15.